The molecule has 0 bridgehead atoms. The van der Waals surface area contributed by atoms with E-state index in [1.165, 1.54) is 24.3 Å². The number of amides is 2. The second-order valence-corrected chi connectivity index (χ2v) is 7.88. The summed E-state index contributed by atoms with van der Waals surface area (Å²) >= 11 is 3.28. The number of carbonyl (C=O) groups is 1. The van der Waals surface area contributed by atoms with E-state index in [1.807, 2.05) is 6.07 Å². The molecule has 0 heterocycles. The first-order valence-electron chi connectivity index (χ1n) is 7.61. The summed E-state index contributed by atoms with van der Waals surface area (Å²) in [6.45, 7) is 1.35. The van der Waals surface area contributed by atoms with Crippen molar-refractivity contribution in [3.05, 3.63) is 52.5 Å². The van der Waals surface area contributed by atoms with E-state index < -0.39 is 16.1 Å². The van der Waals surface area contributed by atoms with Crippen LogP contribution in [0.4, 0.5) is 10.5 Å². The lowest BCUT2D eigenvalue weighted by molar-refractivity contribution is 0.252. The molecule has 0 aliphatic carbocycles. The lowest BCUT2D eigenvalue weighted by atomic mass is 10.2. The van der Waals surface area contributed by atoms with Crippen LogP contribution in [0.5, 0.6) is 5.75 Å². The third-order valence-corrected chi connectivity index (χ3v) is 4.81. The Balaban J connectivity index is 1.70. The Labute approximate surface area is 160 Å². The molecule has 0 spiro atoms. The van der Waals surface area contributed by atoms with Crippen molar-refractivity contribution >= 4 is 37.7 Å². The van der Waals surface area contributed by atoms with Crippen LogP contribution in [0.2, 0.25) is 0 Å². The van der Waals surface area contributed by atoms with E-state index in [9.17, 15) is 18.3 Å². The Morgan fingerprint density at radius 2 is 1.81 bits per heavy atom. The van der Waals surface area contributed by atoms with Gasteiger partial charge in [-0.05, 0) is 36.4 Å². The first kappa shape index (κ1) is 20.2. The van der Waals surface area contributed by atoms with Gasteiger partial charge in [-0.3, -0.25) is 0 Å². The fourth-order valence-corrected chi connectivity index (χ4v) is 2.94. The highest BCUT2D eigenvalue weighted by Gasteiger charge is 2.08. The average molecular weight is 443 g/mol. The molecule has 2 rings (SSSR count). The maximum Gasteiger partial charge on any atom is 0.319 e. The predicted molar refractivity (Wildman–Crippen MR) is 102 cm³/mol. The number of phenols is 1. The van der Waals surface area contributed by atoms with Crippen LogP contribution < -0.4 is 21.1 Å². The molecule has 0 fully saturated rings. The second kappa shape index (κ2) is 8.99. The lowest BCUT2D eigenvalue weighted by Gasteiger charge is -2.10. The van der Waals surface area contributed by atoms with Crippen LogP contribution in [0.25, 0.3) is 0 Å². The van der Waals surface area contributed by atoms with Gasteiger partial charge in [0.05, 0.1) is 4.90 Å². The normalized spacial score (nSPS) is 11.2. The van der Waals surface area contributed by atoms with Crippen LogP contribution in [-0.2, 0) is 16.6 Å². The zero-order valence-electron chi connectivity index (χ0n) is 13.7. The van der Waals surface area contributed by atoms with Crippen molar-refractivity contribution < 1.29 is 18.3 Å². The molecule has 0 aliphatic rings. The molecule has 140 valence electrons. The molecule has 0 unspecified atom stereocenters. The Bertz CT molecular complexity index is 872. The number of rotatable bonds is 7. The van der Waals surface area contributed by atoms with Gasteiger partial charge in [0, 0.05) is 35.4 Å². The number of urea groups is 1. The maximum atomic E-state index is 11.8. The van der Waals surface area contributed by atoms with Crippen molar-refractivity contribution in [2.75, 3.05) is 18.4 Å². The smallest absolute Gasteiger partial charge is 0.319 e. The molecule has 2 aromatic rings. The number of halogens is 1. The van der Waals surface area contributed by atoms with Gasteiger partial charge in [0.15, 0.2) is 0 Å². The number of nitrogens with two attached hydrogens (primary N) is 1. The zero-order valence-corrected chi connectivity index (χ0v) is 16.1. The largest absolute Gasteiger partial charge is 0.508 e. The van der Waals surface area contributed by atoms with Crippen molar-refractivity contribution in [3.8, 4) is 5.75 Å². The van der Waals surface area contributed by atoms with E-state index in [0.29, 0.717) is 25.3 Å². The van der Waals surface area contributed by atoms with Crippen LogP contribution in [0.15, 0.2) is 51.8 Å². The molecule has 2 aromatic carbocycles. The van der Waals surface area contributed by atoms with Gasteiger partial charge in [-0.25, -0.2) is 18.4 Å². The number of anilines is 1. The van der Waals surface area contributed by atoms with Gasteiger partial charge in [0.2, 0.25) is 10.0 Å². The molecule has 0 saturated heterocycles. The van der Waals surface area contributed by atoms with Gasteiger partial charge < -0.3 is 21.1 Å². The Morgan fingerprint density at radius 3 is 2.42 bits per heavy atom. The molecule has 0 aromatic heterocycles. The Kier molecular flexibility index (Phi) is 6.98. The summed E-state index contributed by atoms with van der Waals surface area (Å²) in [6, 6.07) is 10.4. The summed E-state index contributed by atoms with van der Waals surface area (Å²) in [4.78, 5) is 11.8. The highest BCUT2D eigenvalue weighted by molar-refractivity contribution is 9.10. The van der Waals surface area contributed by atoms with Gasteiger partial charge in [-0.15, -0.1) is 0 Å². The first-order chi connectivity index (χ1) is 12.3. The third kappa shape index (κ3) is 6.30. The van der Waals surface area contributed by atoms with Gasteiger partial charge in [0.25, 0.3) is 0 Å². The monoisotopic (exact) mass is 442 g/mol. The summed E-state index contributed by atoms with van der Waals surface area (Å²) in [7, 11) is -3.75. The predicted octanol–water partition coefficient (Wildman–Crippen LogP) is 1.71. The molecule has 0 saturated carbocycles. The van der Waals surface area contributed by atoms with Gasteiger partial charge in [0.1, 0.15) is 5.75 Å². The van der Waals surface area contributed by atoms with E-state index >= 15 is 0 Å². The summed E-state index contributed by atoms with van der Waals surface area (Å²) in [5, 5.41) is 23.1. The van der Waals surface area contributed by atoms with Crippen LogP contribution in [0.3, 0.4) is 0 Å². The molecule has 0 radical (unpaired) electrons. The molecule has 2 amide bonds. The molecule has 10 heteroatoms. The highest BCUT2D eigenvalue weighted by Crippen LogP contribution is 2.21. The molecule has 0 atom stereocenters. The Morgan fingerprint density at radius 1 is 1.12 bits per heavy atom. The summed E-state index contributed by atoms with van der Waals surface area (Å²) < 4.78 is 23.1. The topological polar surface area (TPSA) is 134 Å². The average Bonchev–Trinajstić information content (AvgIpc) is 2.56. The van der Waals surface area contributed by atoms with E-state index in [0.717, 1.165) is 10.0 Å². The van der Waals surface area contributed by atoms with E-state index in [1.54, 1.807) is 12.1 Å². The van der Waals surface area contributed by atoms with Crippen molar-refractivity contribution in [1.82, 2.24) is 10.6 Å². The Hall–Kier alpha value is -2.14. The van der Waals surface area contributed by atoms with Gasteiger partial charge in [-0.1, -0.05) is 22.0 Å². The number of sulfonamides is 1. The minimum atomic E-state index is -3.75. The molecular weight excluding hydrogens is 424 g/mol. The number of nitrogens with one attached hydrogen (secondary N) is 3. The number of phenolic OH excluding ortho intramolecular Hbond substituents is 1. The van der Waals surface area contributed by atoms with Crippen molar-refractivity contribution in [2.24, 2.45) is 5.14 Å². The van der Waals surface area contributed by atoms with Crippen LogP contribution in [-0.4, -0.2) is 32.6 Å². The highest BCUT2D eigenvalue weighted by atomic mass is 79.9. The number of aromatic hydroxyl groups is 1. The van der Waals surface area contributed by atoms with Gasteiger partial charge in [-0.2, -0.15) is 0 Å². The van der Waals surface area contributed by atoms with Crippen molar-refractivity contribution in [1.29, 1.82) is 0 Å². The van der Waals surface area contributed by atoms with Crippen molar-refractivity contribution in [2.45, 2.75) is 11.4 Å². The summed E-state index contributed by atoms with van der Waals surface area (Å²) in [6.07, 6.45) is 0. The number of carbonyl (C=O) groups excluding carboxylic acids is 1. The zero-order chi connectivity index (χ0) is 19.2. The lowest BCUT2D eigenvalue weighted by Crippen LogP contribution is -2.34. The van der Waals surface area contributed by atoms with Gasteiger partial charge >= 0.3 is 6.03 Å². The number of primary sulfonamides is 1. The minimum absolute atomic E-state index is 0.0242. The van der Waals surface area contributed by atoms with E-state index in [2.05, 4.69) is 31.9 Å². The molecular formula is C16H19BrN4O4S. The molecule has 0 aliphatic heterocycles. The SMILES string of the molecule is NS(=O)(=O)c1ccc(NC(=O)NCCNCc2ccc(Br)cc2O)cc1. The van der Waals surface area contributed by atoms with E-state index in [4.69, 9.17) is 5.14 Å². The van der Waals surface area contributed by atoms with Crippen molar-refractivity contribution in [3.63, 3.8) is 0 Å². The number of benzene rings is 2. The second-order valence-electron chi connectivity index (χ2n) is 5.40. The molecule has 8 nitrogen and oxygen atoms in total. The fourth-order valence-electron chi connectivity index (χ4n) is 2.08. The minimum Gasteiger partial charge on any atom is -0.508 e. The third-order valence-electron chi connectivity index (χ3n) is 3.39. The summed E-state index contributed by atoms with van der Waals surface area (Å²) in [5.74, 6) is 0.195. The van der Waals surface area contributed by atoms with Crippen LogP contribution >= 0.6 is 15.9 Å². The summed E-state index contributed by atoms with van der Waals surface area (Å²) in [5.41, 5.74) is 1.20. The standard InChI is InChI=1S/C16H19BrN4O4S/c17-12-2-1-11(15(22)9-12)10-19-7-8-20-16(23)21-13-3-5-14(6-4-13)26(18,24)25/h1-6,9,19,22H,7-8,10H2,(H2,18,24,25)(H2,20,21,23). The van der Waals surface area contributed by atoms with Crippen LogP contribution in [0.1, 0.15) is 5.56 Å². The quantitative estimate of drug-likeness (QED) is 0.416. The van der Waals surface area contributed by atoms with E-state index in [-0.39, 0.29) is 10.6 Å². The number of hydrogen-bond donors (Lipinski definition) is 5. The van der Waals surface area contributed by atoms with Crippen LogP contribution in [0, 0.1) is 0 Å². The first-order valence-corrected chi connectivity index (χ1v) is 9.95. The fraction of sp³-hybridized carbons (Fsp3) is 0.188. The molecule has 6 N–H and O–H groups in total. The molecule has 26 heavy (non-hydrogen) atoms. The maximum absolute atomic E-state index is 11.8. The number of hydrogen-bond acceptors (Lipinski definition) is 5.